The maximum atomic E-state index is 11.3. The summed E-state index contributed by atoms with van der Waals surface area (Å²) >= 11 is 0. The van der Waals surface area contributed by atoms with Gasteiger partial charge in [-0.3, -0.25) is 0 Å². The minimum atomic E-state index is -3.94. The van der Waals surface area contributed by atoms with Gasteiger partial charge in [-0.25, -0.2) is 9.59 Å². The Hall–Kier alpha value is -2.09. The number of anilines is 1. The molecule has 0 aliphatic carbocycles. The fourth-order valence-corrected chi connectivity index (χ4v) is 1.43. The second kappa shape index (κ2) is 4.42. The predicted molar refractivity (Wildman–Crippen MR) is 58.1 cm³/mol. The molecule has 0 fully saturated rings. The molecule has 1 aromatic carbocycles. The molecule has 0 aliphatic heterocycles. The molecule has 17 heavy (non-hydrogen) atoms. The topological polar surface area (TPSA) is 124 Å². The summed E-state index contributed by atoms with van der Waals surface area (Å²) in [6.45, 7) is 0. The van der Waals surface area contributed by atoms with E-state index in [4.69, 9.17) is 10.8 Å². The van der Waals surface area contributed by atoms with Gasteiger partial charge < -0.3 is 15.0 Å². The zero-order valence-electron chi connectivity index (χ0n) is 8.71. The van der Waals surface area contributed by atoms with Crippen molar-refractivity contribution in [3.05, 3.63) is 29.3 Å². The molecule has 7 nitrogen and oxygen atoms in total. The van der Waals surface area contributed by atoms with Crippen LogP contribution in [-0.2, 0) is 14.3 Å². The normalized spacial score (nSPS) is 10.9. The summed E-state index contributed by atoms with van der Waals surface area (Å²) in [4.78, 5) is 22.0. The molecule has 3 N–H and O–H groups in total. The highest BCUT2D eigenvalue weighted by molar-refractivity contribution is 7.86. The zero-order chi connectivity index (χ0) is 13.2. The number of benzene rings is 1. The van der Waals surface area contributed by atoms with Crippen LogP contribution in [0, 0.1) is 0 Å². The number of carboxylic acid groups (broad SMARTS) is 1. The molecule has 0 radical (unpaired) electrons. The van der Waals surface area contributed by atoms with Crippen LogP contribution in [0.1, 0.15) is 20.7 Å². The average Bonchev–Trinajstić information content (AvgIpc) is 2.14. The first kappa shape index (κ1) is 13.0. The Kier molecular flexibility index (Phi) is 3.37. The molecule has 0 saturated carbocycles. The summed E-state index contributed by atoms with van der Waals surface area (Å²) in [5.74, 6) is -2.48. The Bertz CT molecular complexity index is 577. The molecular formula is C9H9NO6S. The average molecular weight is 259 g/mol. The van der Waals surface area contributed by atoms with E-state index in [-0.39, 0.29) is 16.8 Å². The van der Waals surface area contributed by atoms with Gasteiger partial charge in [-0.2, -0.15) is 8.42 Å². The molecule has 8 heteroatoms. The van der Waals surface area contributed by atoms with Gasteiger partial charge in [-0.1, -0.05) is 0 Å². The summed E-state index contributed by atoms with van der Waals surface area (Å²) in [6.07, 6.45) is 0.709. The molecule has 0 atom stereocenters. The van der Waals surface area contributed by atoms with Crippen molar-refractivity contribution >= 4 is 27.7 Å². The SMILES string of the molecule is CS(=O)(=O)OC(=O)c1ccc(N)c(C(=O)O)c1. The summed E-state index contributed by atoms with van der Waals surface area (Å²) < 4.78 is 25.5. The number of carbonyl (C=O) groups excluding carboxylic acids is 1. The minimum Gasteiger partial charge on any atom is -0.478 e. The second-order valence-corrected chi connectivity index (χ2v) is 4.76. The van der Waals surface area contributed by atoms with Crippen molar-refractivity contribution in [3.63, 3.8) is 0 Å². The predicted octanol–water partition coefficient (Wildman–Crippen LogP) is 0.0834. The Labute approximate surface area is 96.9 Å². The van der Waals surface area contributed by atoms with Crippen molar-refractivity contribution in [1.82, 2.24) is 0 Å². The highest BCUT2D eigenvalue weighted by Gasteiger charge is 2.17. The summed E-state index contributed by atoms with van der Waals surface area (Å²) in [6, 6.07) is 3.31. The van der Waals surface area contributed by atoms with Gasteiger partial charge in [-0.05, 0) is 18.2 Å². The van der Waals surface area contributed by atoms with Crippen LogP contribution in [0.15, 0.2) is 18.2 Å². The lowest BCUT2D eigenvalue weighted by Gasteiger charge is -2.04. The van der Waals surface area contributed by atoms with Crippen LogP contribution in [0.25, 0.3) is 0 Å². The van der Waals surface area contributed by atoms with Crippen molar-refractivity contribution in [2.75, 3.05) is 12.0 Å². The quantitative estimate of drug-likeness (QED) is 0.582. The van der Waals surface area contributed by atoms with E-state index < -0.39 is 22.1 Å². The van der Waals surface area contributed by atoms with Crippen LogP contribution < -0.4 is 5.73 Å². The Morgan fingerprint density at radius 2 is 1.94 bits per heavy atom. The van der Waals surface area contributed by atoms with Crippen LogP contribution in [0.2, 0.25) is 0 Å². The lowest BCUT2D eigenvalue weighted by molar-refractivity contribution is 0.0698. The number of rotatable bonds is 3. The maximum Gasteiger partial charge on any atom is 0.353 e. The molecule has 0 saturated heterocycles. The largest absolute Gasteiger partial charge is 0.478 e. The van der Waals surface area contributed by atoms with Crippen LogP contribution in [0.5, 0.6) is 0 Å². The van der Waals surface area contributed by atoms with Crippen LogP contribution in [0.4, 0.5) is 5.69 Å². The molecule has 0 spiro atoms. The van der Waals surface area contributed by atoms with E-state index >= 15 is 0 Å². The number of hydrogen-bond acceptors (Lipinski definition) is 6. The Balaban J connectivity index is 3.13. The Morgan fingerprint density at radius 1 is 1.35 bits per heavy atom. The summed E-state index contributed by atoms with van der Waals surface area (Å²) in [5.41, 5.74) is 4.83. The van der Waals surface area contributed by atoms with Gasteiger partial charge in [0.2, 0.25) is 0 Å². The fraction of sp³-hybridized carbons (Fsp3) is 0.111. The van der Waals surface area contributed by atoms with E-state index in [1.165, 1.54) is 12.1 Å². The van der Waals surface area contributed by atoms with E-state index in [1.807, 2.05) is 0 Å². The highest BCUT2D eigenvalue weighted by atomic mass is 32.2. The van der Waals surface area contributed by atoms with Gasteiger partial charge in [0.15, 0.2) is 0 Å². The first-order chi connectivity index (χ1) is 7.70. The van der Waals surface area contributed by atoms with E-state index in [1.54, 1.807) is 0 Å². The van der Waals surface area contributed by atoms with Crippen molar-refractivity contribution in [2.45, 2.75) is 0 Å². The van der Waals surface area contributed by atoms with Crippen molar-refractivity contribution in [2.24, 2.45) is 0 Å². The lowest BCUT2D eigenvalue weighted by Crippen LogP contribution is -2.13. The van der Waals surface area contributed by atoms with E-state index in [0.29, 0.717) is 6.26 Å². The summed E-state index contributed by atoms with van der Waals surface area (Å²) in [7, 11) is -3.94. The second-order valence-electron chi connectivity index (χ2n) is 3.18. The number of carbonyl (C=O) groups is 2. The maximum absolute atomic E-state index is 11.3. The molecule has 0 amide bonds. The third kappa shape index (κ3) is 3.45. The molecule has 0 aromatic heterocycles. The smallest absolute Gasteiger partial charge is 0.353 e. The fourth-order valence-electron chi connectivity index (χ4n) is 1.05. The number of carboxylic acids is 1. The van der Waals surface area contributed by atoms with E-state index in [9.17, 15) is 18.0 Å². The van der Waals surface area contributed by atoms with Crippen LogP contribution in [0.3, 0.4) is 0 Å². The lowest BCUT2D eigenvalue weighted by atomic mass is 10.1. The molecule has 1 aromatic rings. The van der Waals surface area contributed by atoms with Gasteiger partial charge in [-0.15, -0.1) is 0 Å². The molecule has 0 bridgehead atoms. The third-order valence-corrected chi connectivity index (χ3v) is 2.20. The van der Waals surface area contributed by atoms with Crippen molar-refractivity contribution < 1.29 is 27.3 Å². The van der Waals surface area contributed by atoms with Crippen molar-refractivity contribution in [1.29, 1.82) is 0 Å². The van der Waals surface area contributed by atoms with Crippen molar-refractivity contribution in [3.8, 4) is 0 Å². The number of aromatic carboxylic acids is 1. The highest BCUT2D eigenvalue weighted by Crippen LogP contribution is 2.15. The summed E-state index contributed by atoms with van der Waals surface area (Å²) in [5, 5.41) is 8.75. The standard InChI is InChI=1S/C9H9NO6S/c1-17(14,15)16-9(13)5-2-3-7(10)6(4-5)8(11)12/h2-4H,10H2,1H3,(H,11,12). The van der Waals surface area contributed by atoms with E-state index in [2.05, 4.69) is 4.18 Å². The minimum absolute atomic E-state index is 0.0339. The van der Waals surface area contributed by atoms with Gasteiger partial charge in [0.05, 0.1) is 17.4 Å². The number of nitrogens with two attached hydrogens (primary N) is 1. The first-order valence-electron chi connectivity index (χ1n) is 4.27. The van der Waals surface area contributed by atoms with Gasteiger partial charge in [0.25, 0.3) is 0 Å². The number of nitrogen functional groups attached to an aromatic ring is 1. The molecular weight excluding hydrogens is 250 g/mol. The zero-order valence-corrected chi connectivity index (χ0v) is 9.52. The number of hydrogen-bond donors (Lipinski definition) is 2. The monoisotopic (exact) mass is 259 g/mol. The first-order valence-corrected chi connectivity index (χ1v) is 6.09. The third-order valence-electron chi connectivity index (χ3n) is 1.75. The molecule has 92 valence electrons. The molecule has 0 heterocycles. The van der Waals surface area contributed by atoms with Gasteiger partial charge >= 0.3 is 22.1 Å². The van der Waals surface area contributed by atoms with E-state index in [0.717, 1.165) is 6.07 Å². The molecule has 0 aliphatic rings. The Morgan fingerprint density at radius 3 is 2.41 bits per heavy atom. The molecule has 1 rings (SSSR count). The van der Waals surface area contributed by atoms with Gasteiger partial charge in [0.1, 0.15) is 0 Å². The van der Waals surface area contributed by atoms with Crippen LogP contribution in [-0.4, -0.2) is 31.7 Å². The molecule has 0 unspecified atom stereocenters. The van der Waals surface area contributed by atoms with Gasteiger partial charge in [0, 0.05) is 5.69 Å². The van der Waals surface area contributed by atoms with Crippen LogP contribution >= 0.6 is 0 Å².